The Kier molecular flexibility index (Phi) is 6.26. The second-order valence-electron chi connectivity index (χ2n) is 9.73. The van der Waals surface area contributed by atoms with E-state index in [4.69, 9.17) is 9.84 Å². The second kappa shape index (κ2) is 9.49. The van der Waals surface area contributed by atoms with Crippen LogP contribution < -0.4 is 10.6 Å². The van der Waals surface area contributed by atoms with Crippen molar-refractivity contribution in [3.8, 4) is 11.1 Å². The van der Waals surface area contributed by atoms with Gasteiger partial charge in [0.2, 0.25) is 5.91 Å². The number of rotatable bonds is 6. The predicted octanol–water partition coefficient (Wildman–Crippen LogP) is 4.06. The summed E-state index contributed by atoms with van der Waals surface area (Å²) in [6, 6.07) is 16.3. The van der Waals surface area contributed by atoms with Crippen molar-refractivity contribution in [1.82, 2.24) is 10.6 Å². The van der Waals surface area contributed by atoms with E-state index in [2.05, 4.69) is 34.9 Å². The molecular weight excluding hydrogens is 432 g/mol. The maximum Gasteiger partial charge on any atom is 0.407 e. The molecule has 3 aliphatic rings. The Morgan fingerprint density at radius 2 is 1.35 bits per heavy atom. The molecule has 34 heavy (non-hydrogen) atoms. The lowest BCUT2D eigenvalue weighted by atomic mass is 9.98. The molecule has 2 aromatic carbocycles. The van der Waals surface area contributed by atoms with Gasteiger partial charge in [0.25, 0.3) is 0 Å². The number of carbonyl (C=O) groups excluding carboxylic acids is 2. The third-order valence-corrected chi connectivity index (χ3v) is 7.60. The first-order valence-electron chi connectivity index (χ1n) is 12.1. The molecule has 0 radical (unpaired) electrons. The van der Waals surface area contributed by atoms with E-state index in [1.54, 1.807) is 0 Å². The molecule has 0 saturated heterocycles. The van der Waals surface area contributed by atoms with E-state index in [0.717, 1.165) is 6.42 Å². The smallest absolute Gasteiger partial charge is 0.407 e. The summed E-state index contributed by atoms with van der Waals surface area (Å²) >= 11 is 0. The summed E-state index contributed by atoms with van der Waals surface area (Å²) < 4.78 is 5.63. The number of amides is 2. The van der Waals surface area contributed by atoms with Gasteiger partial charge >= 0.3 is 12.1 Å². The summed E-state index contributed by atoms with van der Waals surface area (Å²) in [5.41, 5.74) is 4.72. The molecule has 2 aromatic rings. The molecule has 2 amide bonds. The van der Waals surface area contributed by atoms with E-state index >= 15 is 0 Å². The van der Waals surface area contributed by atoms with E-state index < -0.39 is 12.1 Å². The standard InChI is InChI=1S/C27H30N2O5/c30-25(28-18-12-10-17(14-18)26(31)32)16-9-11-19(13-16)29-27(33)34-15-24-22-7-3-1-5-20(22)21-6-2-4-8-23(21)24/h1-8,16-19,24H,9-15H2,(H,28,30)(H,29,33)(H,31,32)/t16-,17-,18+,19+/m1/s1. The van der Waals surface area contributed by atoms with Crippen LogP contribution in [-0.2, 0) is 14.3 Å². The molecule has 0 aromatic heterocycles. The van der Waals surface area contributed by atoms with Gasteiger partial charge < -0.3 is 20.5 Å². The summed E-state index contributed by atoms with van der Waals surface area (Å²) in [6.07, 6.45) is 3.36. The third kappa shape index (κ3) is 4.52. The highest BCUT2D eigenvalue weighted by atomic mass is 16.5. The van der Waals surface area contributed by atoms with Crippen LogP contribution in [0, 0.1) is 11.8 Å². The summed E-state index contributed by atoms with van der Waals surface area (Å²) in [4.78, 5) is 36.3. The molecule has 7 heteroatoms. The fourth-order valence-electron chi connectivity index (χ4n) is 5.81. The van der Waals surface area contributed by atoms with Crippen LogP contribution in [0.1, 0.15) is 55.6 Å². The number of hydrogen-bond donors (Lipinski definition) is 3. The molecule has 5 rings (SSSR count). The highest BCUT2D eigenvalue weighted by molar-refractivity contribution is 5.80. The lowest BCUT2D eigenvalue weighted by Crippen LogP contribution is -2.38. The van der Waals surface area contributed by atoms with Crippen molar-refractivity contribution in [3.63, 3.8) is 0 Å². The molecular formula is C27H30N2O5. The predicted molar refractivity (Wildman–Crippen MR) is 126 cm³/mol. The number of alkyl carbamates (subject to hydrolysis) is 1. The maximum atomic E-state index is 12.6. The quantitative estimate of drug-likeness (QED) is 0.600. The Hall–Kier alpha value is -3.35. The van der Waals surface area contributed by atoms with Gasteiger partial charge in [0.1, 0.15) is 6.61 Å². The van der Waals surface area contributed by atoms with Crippen molar-refractivity contribution in [2.75, 3.05) is 6.61 Å². The summed E-state index contributed by atoms with van der Waals surface area (Å²) in [7, 11) is 0. The molecule has 2 saturated carbocycles. The first kappa shape index (κ1) is 22.4. The highest BCUT2D eigenvalue weighted by Gasteiger charge is 2.35. The van der Waals surface area contributed by atoms with E-state index in [1.807, 2.05) is 24.3 Å². The van der Waals surface area contributed by atoms with Gasteiger partial charge in [-0.3, -0.25) is 9.59 Å². The monoisotopic (exact) mass is 462 g/mol. The molecule has 7 nitrogen and oxygen atoms in total. The van der Waals surface area contributed by atoms with Crippen LogP contribution in [0.4, 0.5) is 4.79 Å². The van der Waals surface area contributed by atoms with Gasteiger partial charge in [-0.1, -0.05) is 48.5 Å². The van der Waals surface area contributed by atoms with Crippen molar-refractivity contribution in [2.45, 2.75) is 56.5 Å². The number of benzene rings is 2. The van der Waals surface area contributed by atoms with Crippen molar-refractivity contribution in [3.05, 3.63) is 59.7 Å². The van der Waals surface area contributed by atoms with Crippen LogP contribution >= 0.6 is 0 Å². The average molecular weight is 463 g/mol. The topological polar surface area (TPSA) is 105 Å². The molecule has 178 valence electrons. The molecule has 3 N–H and O–H groups in total. The number of carbonyl (C=O) groups is 3. The SMILES string of the molecule is O=C(N[C@H]1CC[C@@H](C(=O)N[C@H]2CC[C@@H](C(=O)O)C2)C1)OCC1c2ccccc2-c2ccccc21. The zero-order valence-electron chi connectivity index (χ0n) is 19.0. The van der Waals surface area contributed by atoms with Crippen LogP contribution in [0.25, 0.3) is 11.1 Å². The normalized spacial score (nSPS) is 25.4. The number of fused-ring (bicyclic) bond motifs is 3. The zero-order valence-corrected chi connectivity index (χ0v) is 19.0. The first-order chi connectivity index (χ1) is 16.5. The van der Waals surface area contributed by atoms with E-state index in [0.29, 0.717) is 32.1 Å². The number of aliphatic carboxylic acids is 1. The molecule has 0 spiro atoms. The molecule has 0 bridgehead atoms. The summed E-state index contributed by atoms with van der Waals surface area (Å²) in [5.74, 6) is -1.33. The van der Waals surface area contributed by atoms with Gasteiger partial charge in [-0.05, 0) is 60.8 Å². The number of carboxylic acids is 1. The summed E-state index contributed by atoms with van der Waals surface area (Å²) in [5, 5.41) is 15.1. The Morgan fingerprint density at radius 3 is 1.97 bits per heavy atom. The Balaban J connectivity index is 1.10. The van der Waals surface area contributed by atoms with Gasteiger partial charge in [-0.25, -0.2) is 4.79 Å². The first-order valence-corrected chi connectivity index (χ1v) is 12.1. The second-order valence-corrected chi connectivity index (χ2v) is 9.73. The Labute approximate surface area is 198 Å². The summed E-state index contributed by atoms with van der Waals surface area (Å²) in [6.45, 7) is 0.267. The van der Waals surface area contributed by atoms with Gasteiger partial charge in [0.05, 0.1) is 5.92 Å². The van der Waals surface area contributed by atoms with Crippen LogP contribution in [0.2, 0.25) is 0 Å². The average Bonchev–Trinajstić information content (AvgIpc) is 3.56. The molecule has 2 fully saturated rings. The minimum absolute atomic E-state index is 0.0151. The minimum atomic E-state index is -0.787. The molecule has 0 unspecified atom stereocenters. The zero-order chi connectivity index (χ0) is 23.7. The molecule has 0 aliphatic heterocycles. The highest BCUT2D eigenvalue weighted by Crippen LogP contribution is 2.44. The van der Waals surface area contributed by atoms with Crippen LogP contribution in [0.3, 0.4) is 0 Å². The molecule has 3 aliphatic carbocycles. The fraction of sp³-hybridized carbons (Fsp3) is 0.444. The van der Waals surface area contributed by atoms with Gasteiger partial charge in [0, 0.05) is 23.9 Å². The minimum Gasteiger partial charge on any atom is -0.481 e. The van der Waals surface area contributed by atoms with Gasteiger partial charge in [0.15, 0.2) is 0 Å². The van der Waals surface area contributed by atoms with Crippen LogP contribution in [-0.4, -0.2) is 41.8 Å². The lowest BCUT2D eigenvalue weighted by Gasteiger charge is -2.18. The van der Waals surface area contributed by atoms with Gasteiger partial charge in [-0.15, -0.1) is 0 Å². The van der Waals surface area contributed by atoms with E-state index in [9.17, 15) is 14.4 Å². The fourth-order valence-corrected chi connectivity index (χ4v) is 5.81. The Morgan fingerprint density at radius 1 is 0.794 bits per heavy atom. The van der Waals surface area contributed by atoms with Gasteiger partial charge in [-0.2, -0.15) is 0 Å². The number of hydrogen-bond acceptors (Lipinski definition) is 4. The van der Waals surface area contributed by atoms with Crippen molar-refractivity contribution >= 4 is 18.0 Å². The van der Waals surface area contributed by atoms with Crippen molar-refractivity contribution in [2.24, 2.45) is 11.8 Å². The third-order valence-electron chi connectivity index (χ3n) is 7.60. The largest absolute Gasteiger partial charge is 0.481 e. The lowest BCUT2D eigenvalue weighted by molar-refractivity contribution is -0.141. The Bertz CT molecular complexity index is 1050. The number of carboxylic acid groups (broad SMARTS) is 1. The number of ether oxygens (including phenoxy) is 1. The number of nitrogens with one attached hydrogen (secondary N) is 2. The van der Waals surface area contributed by atoms with Crippen LogP contribution in [0.5, 0.6) is 0 Å². The maximum absolute atomic E-state index is 12.6. The van der Waals surface area contributed by atoms with E-state index in [-0.39, 0.29) is 42.4 Å². The van der Waals surface area contributed by atoms with Crippen molar-refractivity contribution in [1.29, 1.82) is 0 Å². The molecule has 4 atom stereocenters. The van der Waals surface area contributed by atoms with Crippen molar-refractivity contribution < 1.29 is 24.2 Å². The van der Waals surface area contributed by atoms with Crippen LogP contribution in [0.15, 0.2) is 48.5 Å². The van der Waals surface area contributed by atoms with E-state index in [1.165, 1.54) is 22.3 Å². The molecule has 0 heterocycles.